The molecule has 17 heavy (non-hydrogen) atoms. The van der Waals surface area contributed by atoms with Gasteiger partial charge in [0.1, 0.15) is 0 Å². The van der Waals surface area contributed by atoms with Crippen LogP contribution in [-0.4, -0.2) is 23.7 Å². The van der Waals surface area contributed by atoms with E-state index in [1.165, 1.54) is 25.7 Å². The first kappa shape index (κ1) is 14.5. The molecule has 0 saturated heterocycles. The molecule has 1 fully saturated rings. The van der Waals surface area contributed by atoms with E-state index in [1.807, 2.05) is 0 Å². The van der Waals surface area contributed by atoms with Crippen LogP contribution in [0.15, 0.2) is 0 Å². The Bertz CT molecular complexity index is 228. The second-order valence-electron chi connectivity index (χ2n) is 5.66. The van der Waals surface area contributed by atoms with E-state index < -0.39 is 0 Å². The average molecular weight is 241 g/mol. The van der Waals surface area contributed by atoms with Gasteiger partial charge in [-0.1, -0.05) is 26.2 Å². The Morgan fingerprint density at radius 2 is 2.24 bits per heavy atom. The molecule has 100 valence electrons. The van der Waals surface area contributed by atoms with Gasteiger partial charge in [-0.05, 0) is 38.0 Å². The number of rotatable bonds is 6. The summed E-state index contributed by atoms with van der Waals surface area (Å²) >= 11 is 0. The summed E-state index contributed by atoms with van der Waals surface area (Å²) in [5, 5.41) is 12.0. The van der Waals surface area contributed by atoms with Crippen molar-refractivity contribution in [2.45, 2.75) is 64.9 Å². The molecule has 1 aliphatic carbocycles. The van der Waals surface area contributed by atoms with Gasteiger partial charge < -0.3 is 10.4 Å². The van der Waals surface area contributed by atoms with Crippen LogP contribution in [0.3, 0.4) is 0 Å². The van der Waals surface area contributed by atoms with Crippen molar-refractivity contribution in [3.05, 3.63) is 0 Å². The summed E-state index contributed by atoms with van der Waals surface area (Å²) in [5.41, 5.74) is 0. The molecule has 0 aromatic carbocycles. The van der Waals surface area contributed by atoms with Crippen molar-refractivity contribution in [2.24, 2.45) is 11.8 Å². The Hall–Kier alpha value is -0.570. The van der Waals surface area contributed by atoms with Gasteiger partial charge >= 0.3 is 0 Å². The molecule has 0 heterocycles. The number of amides is 1. The van der Waals surface area contributed by atoms with Crippen molar-refractivity contribution in [3.8, 4) is 0 Å². The lowest BCUT2D eigenvalue weighted by Gasteiger charge is -2.26. The molecule has 3 heteroatoms. The molecule has 1 amide bonds. The maximum atomic E-state index is 11.4. The number of carbonyl (C=O) groups excluding carboxylic acids is 1. The molecule has 0 spiro atoms. The van der Waals surface area contributed by atoms with Gasteiger partial charge in [0.25, 0.3) is 0 Å². The summed E-state index contributed by atoms with van der Waals surface area (Å²) in [7, 11) is 0. The Morgan fingerprint density at radius 1 is 1.47 bits per heavy atom. The van der Waals surface area contributed by atoms with Crippen molar-refractivity contribution in [1.82, 2.24) is 5.32 Å². The van der Waals surface area contributed by atoms with Crippen molar-refractivity contribution >= 4 is 5.91 Å². The van der Waals surface area contributed by atoms with Crippen LogP contribution in [0.4, 0.5) is 0 Å². The minimum absolute atomic E-state index is 0.0785. The van der Waals surface area contributed by atoms with Gasteiger partial charge in [-0.3, -0.25) is 4.79 Å². The second-order valence-corrected chi connectivity index (χ2v) is 5.66. The maximum absolute atomic E-state index is 11.4. The average Bonchev–Trinajstić information content (AvgIpc) is 2.26. The minimum atomic E-state index is -0.375. The predicted octanol–water partition coefficient (Wildman–Crippen LogP) is 2.48. The SMILES string of the molecule is CC(O)CCC(=O)NCCC1CCCC(C)C1. The summed E-state index contributed by atoms with van der Waals surface area (Å²) in [6.07, 6.45) is 7.12. The lowest BCUT2D eigenvalue weighted by atomic mass is 9.81. The van der Waals surface area contributed by atoms with Gasteiger partial charge in [-0.2, -0.15) is 0 Å². The van der Waals surface area contributed by atoms with Crippen LogP contribution in [0.2, 0.25) is 0 Å². The van der Waals surface area contributed by atoms with Gasteiger partial charge in [0.15, 0.2) is 0 Å². The molecule has 2 N–H and O–H groups in total. The first-order valence-corrected chi connectivity index (χ1v) is 7.02. The molecule has 1 saturated carbocycles. The van der Waals surface area contributed by atoms with Crippen molar-refractivity contribution in [1.29, 1.82) is 0 Å². The van der Waals surface area contributed by atoms with Crippen LogP contribution in [0.5, 0.6) is 0 Å². The molecule has 3 nitrogen and oxygen atoms in total. The van der Waals surface area contributed by atoms with Gasteiger partial charge in [0.05, 0.1) is 6.10 Å². The Labute approximate surface area is 105 Å². The first-order chi connectivity index (χ1) is 8.08. The fraction of sp³-hybridized carbons (Fsp3) is 0.929. The van der Waals surface area contributed by atoms with Crippen molar-refractivity contribution < 1.29 is 9.90 Å². The third kappa shape index (κ3) is 6.67. The third-order valence-corrected chi connectivity index (χ3v) is 3.71. The van der Waals surface area contributed by atoms with E-state index in [2.05, 4.69) is 12.2 Å². The van der Waals surface area contributed by atoms with Crippen LogP contribution < -0.4 is 5.32 Å². The number of hydrogen-bond acceptors (Lipinski definition) is 2. The summed E-state index contributed by atoms with van der Waals surface area (Å²) in [5.74, 6) is 1.74. The topological polar surface area (TPSA) is 49.3 Å². The highest BCUT2D eigenvalue weighted by molar-refractivity contribution is 5.75. The summed E-state index contributed by atoms with van der Waals surface area (Å²) in [6, 6.07) is 0. The summed E-state index contributed by atoms with van der Waals surface area (Å²) in [6.45, 7) is 4.85. The van der Waals surface area contributed by atoms with E-state index in [1.54, 1.807) is 6.92 Å². The fourth-order valence-corrected chi connectivity index (χ4v) is 2.67. The zero-order valence-electron chi connectivity index (χ0n) is 11.2. The largest absolute Gasteiger partial charge is 0.393 e. The van der Waals surface area contributed by atoms with E-state index in [0.29, 0.717) is 12.8 Å². The van der Waals surface area contributed by atoms with E-state index in [0.717, 1.165) is 24.8 Å². The minimum Gasteiger partial charge on any atom is -0.393 e. The number of carbonyl (C=O) groups is 1. The molecule has 3 unspecified atom stereocenters. The van der Waals surface area contributed by atoms with Crippen LogP contribution >= 0.6 is 0 Å². The molecular formula is C14H27NO2. The third-order valence-electron chi connectivity index (χ3n) is 3.71. The highest BCUT2D eigenvalue weighted by Gasteiger charge is 2.18. The molecule has 0 bridgehead atoms. The van der Waals surface area contributed by atoms with E-state index in [9.17, 15) is 4.79 Å². The second kappa shape index (κ2) is 7.70. The molecule has 1 rings (SSSR count). The zero-order chi connectivity index (χ0) is 12.7. The predicted molar refractivity (Wildman–Crippen MR) is 69.7 cm³/mol. The van der Waals surface area contributed by atoms with Crippen molar-refractivity contribution in [2.75, 3.05) is 6.54 Å². The van der Waals surface area contributed by atoms with Gasteiger partial charge in [0, 0.05) is 13.0 Å². The lowest BCUT2D eigenvalue weighted by Crippen LogP contribution is -2.27. The standard InChI is InChI=1S/C14H27NO2/c1-11-4-3-5-13(10-11)8-9-15-14(17)7-6-12(2)16/h11-13,16H,3-10H2,1-2H3,(H,15,17). The zero-order valence-corrected chi connectivity index (χ0v) is 11.2. The number of nitrogens with one attached hydrogen (secondary N) is 1. The van der Waals surface area contributed by atoms with Crippen molar-refractivity contribution in [3.63, 3.8) is 0 Å². The quantitative estimate of drug-likeness (QED) is 0.750. The fourth-order valence-electron chi connectivity index (χ4n) is 2.67. The first-order valence-electron chi connectivity index (χ1n) is 7.02. The van der Waals surface area contributed by atoms with E-state index in [4.69, 9.17) is 5.11 Å². The van der Waals surface area contributed by atoms with Crippen LogP contribution in [0, 0.1) is 11.8 Å². The molecule has 0 radical (unpaired) electrons. The van der Waals surface area contributed by atoms with E-state index >= 15 is 0 Å². The van der Waals surface area contributed by atoms with Crippen LogP contribution in [0.1, 0.15) is 58.8 Å². The highest BCUT2D eigenvalue weighted by atomic mass is 16.3. The monoisotopic (exact) mass is 241 g/mol. The van der Waals surface area contributed by atoms with Crippen LogP contribution in [-0.2, 0) is 4.79 Å². The van der Waals surface area contributed by atoms with Crippen LogP contribution in [0.25, 0.3) is 0 Å². The Balaban J connectivity index is 2.04. The molecule has 0 aliphatic heterocycles. The highest BCUT2D eigenvalue weighted by Crippen LogP contribution is 2.30. The normalized spacial score (nSPS) is 26.5. The molecule has 3 atom stereocenters. The Morgan fingerprint density at radius 3 is 2.88 bits per heavy atom. The van der Waals surface area contributed by atoms with Gasteiger partial charge in [-0.25, -0.2) is 0 Å². The van der Waals surface area contributed by atoms with Gasteiger partial charge in [-0.15, -0.1) is 0 Å². The number of aliphatic hydroxyl groups is 1. The Kier molecular flexibility index (Phi) is 6.56. The maximum Gasteiger partial charge on any atom is 0.220 e. The molecular weight excluding hydrogens is 214 g/mol. The molecule has 0 aromatic rings. The molecule has 1 aliphatic rings. The lowest BCUT2D eigenvalue weighted by molar-refractivity contribution is -0.121. The number of hydrogen-bond donors (Lipinski definition) is 2. The van der Waals surface area contributed by atoms with Gasteiger partial charge in [0.2, 0.25) is 5.91 Å². The summed E-state index contributed by atoms with van der Waals surface area (Å²) in [4.78, 5) is 11.4. The molecule has 0 aromatic heterocycles. The van der Waals surface area contributed by atoms with E-state index in [-0.39, 0.29) is 12.0 Å². The number of aliphatic hydroxyl groups excluding tert-OH is 1. The summed E-state index contributed by atoms with van der Waals surface area (Å²) < 4.78 is 0. The smallest absolute Gasteiger partial charge is 0.220 e.